The van der Waals surface area contributed by atoms with Crippen LogP contribution in [0, 0.1) is 6.92 Å². The molecule has 94 valence electrons. The zero-order chi connectivity index (χ0) is 13.1. The number of hydrogen-bond donors (Lipinski definition) is 2. The molecule has 4 heteroatoms. The predicted octanol–water partition coefficient (Wildman–Crippen LogP) is 2.53. The van der Waals surface area contributed by atoms with Gasteiger partial charge in [-0.2, -0.15) is 0 Å². The van der Waals surface area contributed by atoms with Crippen LogP contribution >= 0.6 is 0 Å². The average molecular weight is 237 g/mol. The molecular weight excluding hydrogens is 218 g/mol. The van der Waals surface area contributed by atoms with E-state index in [-0.39, 0.29) is 11.2 Å². The molecule has 0 unspecified atom stereocenters. The molecule has 2 N–H and O–H groups in total. The number of methoxy groups -OCH3 is 1. The number of anilines is 1. The summed E-state index contributed by atoms with van der Waals surface area (Å²) in [4.78, 5) is 11.1. The topological polar surface area (TPSA) is 58.6 Å². The van der Waals surface area contributed by atoms with E-state index in [1.165, 1.54) is 0 Å². The fourth-order valence-electron chi connectivity index (χ4n) is 1.37. The van der Waals surface area contributed by atoms with E-state index in [1.807, 2.05) is 26.8 Å². The number of rotatable bonds is 5. The van der Waals surface area contributed by atoms with Crippen LogP contribution in [-0.4, -0.2) is 30.3 Å². The van der Waals surface area contributed by atoms with Crippen LogP contribution in [0.3, 0.4) is 0 Å². The highest BCUT2D eigenvalue weighted by Gasteiger charge is 2.17. The van der Waals surface area contributed by atoms with Crippen molar-refractivity contribution in [3.05, 3.63) is 29.3 Å². The summed E-state index contributed by atoms with van der Waals surface area (Å²) in [5.74, 6) is -0.925. The van der Waals surface area contributed by atoms with Gasteiger partial charge in [-0.3, -0.25) is 0 Å². The summed E-state index contributed by atoms with van der Waals surface area (Å²) in [6.07, 6.45) is 0. The second-order valence-corrected chi connectivity index (χ2v) is 4.67. The first-order valence-electron chi connectivity index (χ1n) is 5.49. The van der Waals surface area contributed by atoms with Crippen molar-refractivity contribution in [2.45, 2.75) is 26.4 Å². The minimum atomic E-state index is -0.925. The number of benzene rings is 1. The van der Waals surface area contributed by atoms with Crippen LogP contribution in [-0.2, 0) is 4.74 Å². The summed E-state index contributed by atoms with van der Waals surface area (Å²) in [5.41, 5.74) is 1.50. The molecule has 0 heterocycles. The number of carboxylic acid groups (broad SMARTS) is 1. The molecule has 4 nitrogen and oxygen atoms in total. The minimum absolute atomic E-state index is 0.289. The third-order valence-corrected chi connectivity index (χ3v) is 2.66. The first kappa shape index (κ1) is 13.5. The summed E-state index contributed by atoms with van der Waals surface area (Å²) < 4.78 is 5.27. The highest BCUT2D eigenvalue weighted by atomic mass is 16.5. The second kappa shape index (κ2) is 5.19. The Morgan fingerprint density at radius 1 is 1.47 bits per heavy atom. The average Bonchev–Trinajstić information content (AvgIpc) is 2.27. The van der Waals surface area contributed by atoms with Crippen molar-refractivity contribution < 1.29 is 14.6 Å². The smallest absolute Gasteiger partial charge is 0.337 e. The maximum atomic E-state index is 11.1. The van der Waals surface area contributed by atoms with Gasteiger partial charge in [-0.15, -0.1) is 0 Å². The van der Waals surface area contributed by atoms with Crippen molar-refractivity contribution in [1.82, 2.24) is 0 Å². The lowest BCUT2D eigenvalue weighted by Crippen LogP contribution is -2.32. The molecule has 0 saturated carbocycles. The molecule has 0 radical (unpaired) electrons. The van der Waals surface area contributed by atoms with E-state index in [4.69, 9.17) is 9.84 Å². The molecule has 0 bridgehead atoms. The maximum Gasteiger partial charge on any atom is 0.337 e. The van der Waals surface area contributed by atoms with Gasteiger partial charge in [0.1, 0.15) is 0 Å². The fourth-order valence-corrected chi connectivity index (χ4v) is 1.37. The van der Waals surface area contributed by atoms with Crippen LogP contribution in [0.25, 0.3) is 0 Å². The number of hydrogen-bond acceptors (Lipinski definition) is 3. The van der Waals surface area contributed by atoms with E-state index in [0.717, 1.165) is 5.56 Å². The molecule has 17 heavy (non-hydrogen) atoms. The van der Waals surface area contributed by atoms with E-state index < -0.39 is 5.97 Å². The number of nitrogens with one attached hydrogen (secondary N) is 1. The van der Waals surface area contributed by atoms with Crippen molar-refractivity contribution in [1.29, 1.82) is 0 Å². The summed E-state index contributed by atoms with van der Waals surface area (Å²) in [7, 11) is 1.63. The predicted molar refractivity (Wildman–Crippen MR) is 67.7 cm³/mol. The first-order chi connectivity index (χ1) is 7.85. The molecule has 1 aromatic rings. The molecule has 0 aliphatic carbocycles. The lowest BCUT2D eigenvalue weighted by Gasteiger charge is -2.24. The minimum Gasteiger partial charge on any atom is -0.478 e. The molecule has 1 aromatic carbocycles. The quantitative estimate of drug-likeness (QED) is 0.826. The molecule has 1 rings (SSSR count). The van der Waals surface area contributed by atoms with Crippen LogP contribution in [0.2, 0.25) is 0 Å². The molecule has 0 saturated heterocycles. The summed E-state index contributed by atoms with van der Waals surface area (Å²) >= 11 is 0. The molecule has 0 atom stereocenters. The van der Waals surface area contributed by atoms with E-state index in [0.29, 0.717) is 12.2 Å². The number of aromatic carboxylic acids is 1. The first-order valence-corrected chi connectivity index (χ1v) is 5.49. The van der Waals surface area contributed by atoms with Crippen LogP contribution in [0.5, 0.6) is 0 Å². The van der Waals surface area contributed by atoms with Gasteiger partial charge in [0.15, 0.2) is 0 Å². The summed E-state index contributed by atoms with van der Waals surface area (Å²) in [6.45, 7) is 6.30. The van der Waals surface area contributed by atoms with Gasteiger partial charge in [0, 0.05) is 19.3 Å². The monoisotopic (exact) mass is 237 g/mol. The third-order valence-electron chi connectivity index (χ3n) is 2.66. The molecule has 0 aliphatic rings. The van der Waals surface area contributed by atoms with E-state index in [2.05, 4.69) is 5.32 Å². The molecule has 0 spiro atoms. The molecular formula is C13H19NO3. The number of ether oxygens (including phenoxy) is 1. The molecule has 0 amide bonds. The Balaban J connectivity index is 2.88. The summed E-state index contributed by atoms with van der Waals surface area (Å²) in [5, 5.41) is 12.2. The second-order valence-electron chi connectivity index (χ2n) is 4.67. The van der Waals surface area contributed by atoms with Crippen molar-refractivity contribution in [2.75, 3.05) is 19.0 Å². The van der Waals surface area contributed by atoms with Crippen LogP contribution in [0.15, 0.2) is 18.2 Å². The van der Waals surface area contributed by atoms with E-state index in [9.17, 15) is 4.79 Å². The van der Waals surface area contributed by atoms with Crippen LogP contribution in [0.4, 0.5) is 5.69 Å². The lowest BCUT2D eigenvalue weighted by atomic mass is 10.1. The lowest BCUT2D eigenvalue weighted by molar-refractivity contribution is 0.0343. The molecule has 0 aromatic heterocycles. The van der Waals surface area contributed by atoms with Crippen LogP contribution < -0.4 is 5.32 Å². The SMILES string of the molecule is COC(C)(C)CNc1ccc(C)cc1C(=O)O. The van der Waals surface area contributed by atoms with Crippen molar-refractivity contribution in [3.63, 3.8) is 0 Å². The van der Waals surface area contributed by atoms with Gasteiger partial charge < -0.3 is 15.2 Å². The van der Waals surface area contributed by atoms with Gasteiger partial charge in [0.25, 0.3) is 0 Å². The highest BCUT2D eigenvalue weighted by molar-refractivity contribution is 5.94. The Kier molecular flexibility index (Phi) is 4.12. The Hall–Kier alpha value is -1.55. The number of carbonyl (C=O) groups is 1. The van der Waals surface area contributed by atoms with Gasteiger partial charge in [0.2, 0.25) is 0 Å². The summed E-state index contributed by atoms with van der Waals surface area (Å²) in [6, 6.07) is 5.32. The Bertz CT molecular complexity index is 413. The standard InChI is InChI=1S/C13H19NO3/c1-9-5-6-11(10(7-9)12(15)16)14-8-13(2,3)17-4/h5-7,14H,8H2,1-4H3,(H,15,16). The third kappa shape index (κ3) is 3.75. The molecule has 0 aliphatic heterocycles. The largest absolute Gasteiger partial charge is 0.478 e. The fraction of sp³-hybridized carbons (Fsp3) is 0.462. The number of carboxylic acids is 1. The van der Waals surface area contributed by atoms with Gasteiger partial charge >= 0.3 is 5.97 Å². The Morgan fingerprint density at radius 2 is 2.12 bits per heavy atom. The van der Waals surface area contributed by atoms with E-state index in [1.54, 1.807) is 19.2 Å². The van der Waals surface area contributed by atoms with Gasteiger partial charge in [-0.1, -0.05) is 11.6 Å². The Labute approximate surface area is 102 Å². The van der Waals surface area contributed by atoms with Crippen molar-refractivity contribution in [2.24, 2.45) is 0 Å². The van der Waals surface area contributed by atoms with Crippen LogP contribution in [0.1, 0.15) is 29.8 Å². The molecule has 0 fully saturated rings. The van der Waals surface area contributed by atoms with Gasteiger partial charge in [-0.25, -0.2) is 4.79 Å². The zero-order valence-electron chi connectivity index (χ0n) is 10.7. The number of aryl methyl sites for hydroxylation is 1. The Morgan fingerprint density at radius 3 is 2.65 bits per heavy atom. The van der Waals surface area contributed by atoms with Gasteiger partial charge in [-0.05, 0) is 32.9 Å². The van der Waals surface area contributed by atoms with E-state index >= 15 is 0 Å². The maximum absolute atomic E-state index is 11.1. The normalized spacial score (nSPS) is 11.3. The van der Waals surface area contributed by atoms with Crippen molar-refractivity contribution in [3.8, 4) is 0 Å². The highest BCUT2D eigenvalue weighted by Crippen LogP contribution is 2.19. The zero-order valence-corrected chi connectivity index (χ0v) is 10.7. The van der Waals surface area contributed by atoms with Gasteiger partial charge in [0.05, 0.1) is 11.2 Å². The van der Waals surface area contributed by atoms with Crippen molar-refractivity contribution >= 4 is 11.7 Å².